The second-order valence-electron chi connectivity index (χ2n) is 5.21. The van der Waals surface area contributed by atoms with Crippen LogP contribution >= 0.6 is 0 Å². The Morgan fingerprint density at radius 1 is 1.33 bits per heavy atom. The van der Waals surface area contributed by atoms with Gasteiger partial charge < -0.3 is 14.4 Å². The van der Waals surface area contributed by atoms with Crippen molar-refractivity contribution in [2.45, 2.75) is 25.8 Å². The minimum absolute atomic E-state index is 0.0210. The third-order valence-corrected chi connectivity index (χ3v) is 5.53. The highest BCUT2D eigenvalue weighted by Crippen LogP contribution is 2.37. The molecule has 0 radical (unpaired) electrons. The fourth-order valence-electron chi connectivity index (χ4n) is 2.74. The Bertz CT molecular complexity index is 670. The lowest BCUT2D eigenvalue weighted by atomic mass is 10.1. The number of carbonyl (C=O) groups is 1. The molecule has 0 aromatic heterocycles. The third kappa shape index (κ3) is 2.70. The van der Waals surface area contributed by atoms with E-state index in [0.717, 1.165) is 0 Å². The van der Waals surface area contributed by atoms with Crippen molar-refractivity contribution in [2.75, 3.05) is 23.2 Å². The monoisotopic (exact) mass is 311 g/mol. The van der Waals surface area contributed by atoms with E-state index in [-0.39, 0.29) is 30.2 Å². The van der Waals surface area contributed by atoms with Crippen LogP contribution in [0.2, 0.25) is 0 Å². The molecule has 1 aromatic rings. The van der Waals surface area contributed by atoms with Crippen molar-refractivity contribution in [1.82, 2.24) is 0 Å². The molecule has 21 heavy (non-hydrogen) atoms. The summed E-state index contributed by atoms with van der Waals surface area (Å²) in [5.74, 6) is 1.29. The van der Waals surface area contributed by atoms with E-state index in [0.29, 0.717) is 30.0 Å². The summed E-state index contributed by atoms with van der Waals surface area (Å²) in [6.07, 6.45) is 0.799. The first-order chi connectivity index (χ1) is 10.00. The van der Waals surface area contributed by atoms with Crippen LogP contribution in [0.3, 0.4) is 0 Å². The number of hydrogen-bond acceptors (Lipinski definition) is 5. The predicted molar refractivity (Wildman–Crippen MR) is 77.4 cm³/mol. The summed E-state index contributed by atoms with van der Waals surface area (Å²) in [5.41, 5.74) is 0.660. The Balaban J connectivity index is 1.94. The highest BCUT2D eigenvalue weighted by Gasteiger charge is 2.35. The van der Waals surface area contributed by atoms with Crippen LogP contribution in [-0.2, 0) is 14.6 Å². The molecule has 1 aromatic carbocycles. The van der Waals surface area contributed by atoms with Crippen molar-refractivity contribution < 1.29 is 22.7 Å². The Morgan fingerprint density at radius 3 is 2.76 bits per heavy atom. The van der Waals surface area contributed by atoms with Crippen molar-refractivity contribution in [3.05, 3.63) is 18.2 Å². The van der Waals surface area contributed by atoms with E-state index >= 15 is 0 Å². The Kier molecular flexibility index (Phi) is 3.52. The zero-order chi connectivity index (χ0) is 15.0. The fourth-order valence-corrected chi connectivity index (χ4v) is 4.44. The average molecular weight is 311 g/mol. The Morgan fingerprint density at radius 2 is 2.10 bits per heavy atom. The van der Waals surface area contributed by atoms with Crippen molar-refractivity contribution in [3.8, 4) is 11.5 Å². The SMILES string of the molecule is CCC(=O)N(c1ccc2c(c1)OCO2)C1CCS(=O)(=O)C1. The highest BCUT2D eigenvalue weighted by atomic mass is 32.2. The number of nitrogens with zero attached hydrogens (tertiary/aromatic N) is 1. The van der Waals surface area contributed by atoms with Crippen LogP contribution < -0.4 is 14.4 Å². The molecule has 3 rings (SSSR count). The molecule has 1 atom stereocenters. The van der Waals surface area contributed by atoms with Crippen molar-refractivity contribution in [3.63, 3.8) is 0 Å². The second-order valence-corrected chi connectivity index (χ2v) is 7.44. The van der Waals surface area contributed by atoms with Crippen LogP contribution in [0.4, 0.5) is 5.69 Å². The quantitative estimate of drug-likeness (QED) is 0.842. The van der Waals surface area contributed by atoms with Crippen molar-refractivity contribution >= 4 is 21.4 Å². The summed E-state index contributed by atoms with van der Waals surface area (Å²) in [7, 11) is -3.05. The van der Waals surface area contributed by atoms with Gasteiger partial charge in [-0.25, -0.2) is 8.42 Å². The summed E-state index contributed by atoms with van der Waals surface area (Å²) >= 11 is 0. The summed E-state index contributed by atoms with van der Waals surface area (Å²) in [5, 5.41) is 0. The lowest BCUT2D eigenvalue weighted by Gasteiger charge is -2.28. The first-order valence-corrected chi connectivity index (χ1v) is 8.74. The third-order valence-electron chi connectivity index (χ3n) is 3.78. The molecule has 7 heteroatoms. The Hall–Kier alpha value is -1.76. The van der Waals surface area contributed by atoms with Gasteiger partial charge in [0.15, 0.2) is 21.3 Å². The standard InChI is InChI=1S/C14H17NO5S/c1-2-14(16)15(11-5-6-21(17,18)8-11)10-3-4-12-13(7-10)20-9-19-12/h3-4,7,11H,2,5-6,8-9H2,1H3. The molecular formula is C14H17NO5S. The largest absolute Gasteiger partial charge is 0.454 e. The fraction of sp³-hybridized carbons (Fsp3) is 0.500. The number of anilines is 1. The number of fused-ring (bicyclic) bond motifs is 1. The van der Waals surface area contributed by atoms with Crippen LogP contribution in [0.5, 0.6) is 11.5 Å². The number of amides is 1. The number of carbonyl (C=O) groups excluding carboxylic acids is 1. The van der Waals surface area contributed by atoms with Gasteiger partial charge in [-0.1, -0.05) is 6.92 Å². The number of sulfone groups is 1. The van der Waals surface area contributed by atoms with Gasteiger partial charge in [-0.15, -0.1) is 0 Å². The lowest BCUT2D eigenvalue weighted by molar-refractivity contribution is -0.118. The van der Waals surface area contributed by atoms with Crippen molar-refractivity contribution in [2.24, 2.45) is 0 Å². The average Bonchev–Trinajstić information content (AvgIpc) is 3.04. The first kappa shape index (κ1) is 14.2. The van der Waals surface area contributed by atoms with E-state index in [1.165, 1.54) is 0 Å². The number of hydrogen-bond donors (Lipinski definition) is 0. The maximum Gasteiger partial charge on any atom is 0.231 e. The molecule has 0 aliphatic carbocycles. The molecule has 1 saturated heterocycles. The molecule has 2 heterocycles. The van der Waals surface area contributed by atoms with Gasteiger partial charge in [-0.3, -0.25) is 4.79 Å². The molecule has 2 aliphatic rings. The molecule has 114 valence electrons. The van der Waals surface area contributed by atoms with E-state index in [1.807, 2.05) is 0 Å². The van der Waals surface area contributed by atoms with E-state index < -0.39 is 9.84 Å². The molecule has 0 bridgehead atoms. The van der Waals surface area contributed by atoms with Gasteiger partial charge in [0, 0.05) is 18.2 Å². The van der Waals surface area contributed by atoms with Gasteiger partial charge in [-0.2, -0.15) is 0 Å². The summed E-state index contributed by atoms with van der Waals surface area (Å²) in [4.78, 5) is 13.9. The van der Waals surface area contributed by atoms with Crippen LogP contribution in [0, 0.1) is 0 Å². The summed E-state index contributed by atoms with van der Waals surface area (Å²) in [6, 6.07) is 4.95. The van der Waals surface area contributed by atoms with Crippen molar-refractivity contribution in [1.29, 1.82) is 0 Å². The number of ether oxygens (including phenoxy) is 2. The maximum atomic E-state index is 12.3. The Labute approximate surface area is 123 Å². The molecule has 1 unspecified atom stereocenters. The highest BCUT2D eigenvalue weighted by molar-refractivity contribution is 7.91. The minimum atomic E-state index is -3.05. The number of rotatable bonds is 3. The lowest BCUT2D eigenvalue weighted by Crippen LogP contribution is -2.41. The second kappa shape index (κ2) is 5.22. The van der Waals surface area contributed by atoms with Gasteiger partial charge in [0.25, 0.3) is 0 Å². The van der Waals surface area contributed by atoms with Crippen LogP contribution in [0.15, 0.2) is 18.2 Å². The molecule has 0 N–H and O–H groups in total. The maximum absolute atomic E-state index is 12.3. The number of benzene rings is 1. The zero-order valence-corrected chi connectivity index (χ0v) is 12.6. The van der Waals surface area contributed by atoms with Crippen LogP contribution in [0.25, 0.3) is 0 Å². The summed E-state index contributed by atoms with van der Waals surface area (Å²) < 4.78 is 34.0. The normalized spacial score (nSPS) is 22.2. The molecule has 6 nitrogen and oxygen atoms in total. The smallest absolute Gasteiger partial charge is 0.231 e. The molecule has 0 spiro atoms. The summed E-state index contributed by atoms with van der Waals surface area (Å²) in [6.45, 7) is 1.93. The van der Waals surface area contributed by atoms with E-state index in [2.05, 4.69) is 0 Å². The van der Waals surface area contributed by atoms with Gasteiger partial charge in [0.05, 0.1) is 17.5 Å². The zero-order valence-electron chi connectivity index (χ0n) is 11.7. The predicted octanol–water partition coefficient (Wildman–Crippen LogP) is 1.35. The van der Waals surface area contributed by atoms with Crippen LogP contribution in [-0.4, -0.2) is 38.7 Å². The molecule has 1 amide bonds. The molecule has 2 aliphatic heterocycles. The molecular weight excluding hydrogens is 294 g/mol. The van der Waals surface area contributed by atoms with Crippen LogP contribution in [0.1, 0.15) is 19.8 Å². The van der Waals surface area contributed by atoms with E-state index in [1.54, 1.807) is 30.0 Å². The molecule has 0 saturated carbocycles. The minimum Gasteiger partial charge on any atom is -0.454 e. The topological polar surface area (TPSA) is 72.9 Å². The van der Waals surface area contributed by atoms with Gasteiger partial charge in [0.2, 0.25) is 12.7 Å². The van der Waals surface area contributed by atoms with Gasteiger partial charge in [-0.05, 0) is 18.6 Å². The van der Waals surface area contributed by atoms with Gasteiger partial charge in [0.1, 0.15) is 0 Å². The first-order valence-electron chi connectivity index (χ1n) is 6.92. The van der Waals surface area contributed by atoms with E-state index in [4.69, 9.17) is 9.47 Å². The van der Waals surface area contributed by atoms with Gasteiger partial charge >= 0.3 is 0 Å². The van der Waals surface area contributed by atoms with E-state index in [9.17, 15) is 13.2 Å². The molecule has 1 fully saturated rings.